The molecule has 3 atom stereocenters. The molecular formula is C44H88N2O6P+. The zero-order valence-corrected chi connectivity index (χ0v) is 36.4. The second kappa shape index (κ2) is 36.6. The van der Waals surface area contributed by atoms with Gasteiger partial charge in [-0.25, -0.2) is 4.57 Å². The first kappa shape index (κ1) is 52.0. The van der Waals surface area contributed by atoms with E-state index in [2.05, 4.69) is 25.2 Å². The van der Waals surface area contributed by atoms with Gasteiger partial charge in [0.15, 0.2) is 0 Å². The molecule has 0 aliphatic rings. The predicted molar refractivity (Wildman–Crippen MR) is 226 cm³/mol. The maximum atomic E-state index is 12.8. The van der Waals surface area contributed by atoms with Crippen LogP contribution < -0.4 is 5.32 Å². The summed E-state index contributed by atoms with van der Waals surface area (Å²) < 4.78 is 23.5. The fourth-order valence-electron chi connectivity index (χ4n) is 6.39. The number of quaternary nitrogens is 1. The number of carbonyl (C=O) groups is 1. The summed E-state index contributed by atoms with van der Waals surface area (Å²) >= 11 is 0. The van der Waals surface area contributed by atoms with Crippen LogP contribution in [0.25, 0.3) is 0 Å². The summed E-state index contributed by atoms with van der Waals surface area (Å²) in [5.74, 6) is -0.193. The minimum Gasteiger partial charge on any atom is -0.387 e. The van der Waals surface area contributed by atoms with Crippen molar-refractivity contribution in [3.8, 4) is 0 Å². The molecular weight excluding hydrogens is 683 g/mol. The van der Waals surface area contributed by atoms with Crippen molar-refractivity contribution >= 4 is 13.7 Å². The molecule has 0 aliphatic carbocycles. The van der Waals surface area contributed by atoms with E-state index in [0.717, 1.165) is 32.1 Å². The van der Waals surface area contributed by atoms with Gasteiger partial charge in [0.25, 0.3) is 0 Å². The Morgan fingerprint density at radius 3 is 1.49 bits per heavy atom. The summed E-state index contributed by atoms with van der Waals surface area (Å²) in [7, 11) is 1.55. The van der Waals surface area contributed by atoms with Crippen LogP contribution in [0.2, 0.25) is 0 Å². The molecule has 0 saturated carbocycles. The molecule has 314 valence electrons. The SMILES string of the molecule is CCCCCCCC/C=C/C=C/[C@@H](O)[C@H](COP(=O)(O)OCC[N+](C)(C)C)NC(=O)CCCCCCCCCCCCCCCCCCCCCCC. The minimum absolute atomic E-state index is 0.0552. The van der Waals surface area contributed by atoms with Gasteiger partial charge in [-0.1, -0.05) is 199 Å². The molecule has 1 unspecified atom stereocenters. The Kier molecular flexibility index (Phi) is 35.9. The lowest BCUT2D eigenvalue weighted by molar-refractivity contribution is -0.870. The summed E-state index contributed by atoms with van der Waals surface area (Å²) in [6.07, 6.45) is 42.7. The van der Waals surface area contributed by atoms with Gasteiger partial charge in [0.05, 0.1) is 39.9 Å². The quantitative estimate of drug-likeness (QED) is 0.0248. The van der Waals surface area contributed by atoms with E-state index in [1.54, 1.807) is 12.2 Å². The number of aliphatic hydroxyl groups is 1. The lowest BCUT2D eigenvalue weighted by Gasteiger charge is -2.25. The maximum absolute atomic E-state index is 12.8. The van der Waals surface area contributed by atoms with Gasteiger partial charge >= 0.3 is 7.82 Å². The number of amides is 1. The molecule has 0 rings (SSSR count). The molecule has 9 heteroatoms. The zero-order chi connectivity index (χ0) is 39.3. The molecule has 0 aromatic rings. The first-order chi connectivity index (χ1) is 25.5. The monoisotopic (exact) mass is 772 g/mol. The fourth-order valence-corrected chi connectivity index (χ4v) is 7.13. The lowest BCUT2D eigenvalue weighted by Crippen LogP contribution is -2.45. The van der Waals surface area contributed by atoms with Crippen molar-refractivity contribution in [2.45, 2.75) is 212 Å². The highest BCUT2D eigenvalue weighted by Gasteiger charge is 2.27. The third kappa shape index (κ3) is 39.0. The van der Waals surface area contributed by atoms with Crippen LogP contribution in [0.4, 0.5) is 0 Å². The number of phosphoric acid groups is 1. The summed E-state index contributed by atoms with van der Waals surface area (Å²) in [6.45, 7) is 4.75. The number of allylic oxidation sites excluding steroid dienone is 3. The Bertz CT molecular complexity index is 922. The normalized spacial score (nSPS) is 14.6. The smallest absolute Gasteiger partial charge is 0.387 e. The molecule has 3 N–H and O–H groups in total. The number of phosphoric ester groups is 1. The number of carbonyl (C=O) groups excluding carboxylic acids is 1. The van der Waals surface area contributed by atoms with Gasteiger partial charge < -0.3 is 19.8 Å². The van der Waals surface area contributed by atoms with Gasteiger partial charge in [-0.2, -0.15) is 0 Å². The Hall–Kier alpha value is -1.02. The number of nitrogens with one attached hydrogen (secondary N) is 1. The Balaban J connectivity index is 4.28. The van der Waals surface area contributed by atoms with E-state index in [1.165, 1.54) is 148 Å². The van der Waals surface area contributed by atoms with E-state index >= 15 is 0 Å². The molecule has 0 fully saturated rings. The van der Waals surface area contributed by atoms with Crippen LogP contribution in [-0.2, 0) is 18.4 Å². The predicted octanol–water partition coefficient (Wildman–Crippen LogP) is 12.1. The lowest BCUT2D eigenvalue weighted by atomic mass is 10.0. The third-order valence-corrected chi connectivity index (χ3v) is 11.0. The second-order valence-corrected chi connectivity index (χ2v) is 17.9. The molecule has 0 aliphatic heterocycles. The van der Waals surface area contributed by atoms with E-state index in [-0.39, 0.29) is 19.1 Å². The van der Waals surface area contributed by atoms with Gasteiger partial charge in [0, 0.05) is 6.42 Å². The summed E-state index contributed by atoms with van der Waals surface area (Å²) in [5.41, 5.74) is 0. The van der Waals surface area contributed by atoms with Crippen molar-refractivity contribution in [1.29, 1.82) is 0 Å². The van der Waals surface area contributed by atoms with Crippen molar-refractivity contribution in [2.75, 3.05) is 40.9 Å². The van der Waals surface area contributed by atoms with E-state index in [4.69, 9.17) is 9.05 Å². The molecule has 0 aromatic heterocycles. The molecule has 1 amide bonds. The largest absolute Gasteiger partial charge is 0.472 e. The van der Waals surface area contributed by atoms with Gasteiger partial charge in [0.2, 0.25) is 5.91 Å². The summed E-state index contributed by atoms with van der Waals surface area (Å²) in [5, 5.41) is 13.7. The summed E-state index contributed by atoms with van der Waals surface area (Å²) in [6, 6.07) is -0.872. The van der Waals surface area contributed by atoms with Crippen LogP contribution in [0.5, 0.6) is 0 Å². The van der Waals surface area contributed by atoms with Crippen LogP contribution in [0.15, 0.2) is 24.3 Å². The van der Waals surface area contributed by atoms with E-state index in [0.29, 0.717) is 17.4 Å². The topological polar surface area (TPSA) is 105 Å². The van der Waals surface area contributed by atoms with Crippen molar-refractivity contribution in [3.05, 3.63) is 24.3 Å². The van der Waals surface area contributed by atoms with Crippen molar-refractivity contribution in [2.24, 2.45) is 0 Å². The van der Waals surface area contributed by atoms with Gasteiger partial charge in [-0.05, 0) is 19.3 Å². The summed E-state index contributed by atoms with van der Waals surface area (Å²) in [4.78, 5) is 23.0. The van der Waals surface area contributed by atoms with Gasteiger partial charge in [0.1, 0.15) is 13.2 Å². The number of nitrogens with zero attached hydrogens (tertiary/aromatic N) is 1. The number of rotatable bonds is 40. The molecule has 53 heavy (non-hydrogen) atoms. The number of unbranched alkanes of at least 4 members (excludes halogenated alkanes) is 26. The second-order valence-electron chi connectivity index (χ2n) is 16.5. The van der Waals surface area contributed by atoms with E-state index in [9.17, 15) is 19.4 Å². The van der Waals surface area contributed by atoms with Crippen LogP contribution >= 0.6 is 7.82 Å². The first-order valence-corrected chi connectivity index (χ1v) is 23.7. The molecule has 0 heterocycles. The third-order valence-electron chi connectivity index (χ3n) is 9.98. The molecule has 0 radical (unpaired) electrons. The Morgan fingerprint density at radius 2 is 1.06 bits per heavy atom. The van der Waals surface area contributed by atoms with Crippen molar-refractivity contribution in [1.82, 2.24) is 5.32 Å². The highest BCUT2D eigenvalue weighted by atomic mass is 31.2. The molecule has 0 bridgehead atoms. The van der Waals surface area contributed by atoms with Crippen LogP contribution in [-0.4, -0.2) is 73.4 Å². The Labute approximate surface area is 328 Å². The Morgan fingerprint density at radius 1 is 0.642 bits per heavy atom. The molecule has 0 spiro atoms. The van der Waals surface area contributed by atoms with Crippen LogP contribution in [0.1, 0.15) is 200 Å². The highest BCUT2D eigenvalue weighted by molar-refractivity contribution is 7.47. The number of hydrogen-bond acceptors (Lipinski definition) is 5. The van der Waals surface area contributed by atoms with Crippen LogP contribution in [0, 0.1) is 0 Å². The average molecular weight is 772 g/mol. The van der Waals surface area contributed by atoms with E-state index < -0.39 is 20.0 Å². The number of hydrogen-bond donors (Lipinski definition) is 3. The molecule has 0 saturated heterocycles. The highest BCUT2D eigenvalue weighted by Crippen LogP contribution is 2.43. The minimum atomic E-state index is -4.34. The van der Waals surface area contributed by atoms with Crippen LogP contribution in [0.3, 0.4) is 0 Å². The molecule has 8 nitrogen and oxygen atoms in total. The van der Waals surface area contributed by atoms with Gasteiger partial charge in [-0.3, -0.25) is 13.8 Å². The zero-order valence-electron chi connectivity index (χ0n) is 35.5. The molecule has 0 aromatic carbocycles. The number of likely N-dealkylation sites (N-methyl/N-ethyl adjacent to an activating group) is 1. The van der Waals surface area contributed by atoms with Crippen molar-refractivity contribution in [3.63, 3.8) is 0 Å². The van der Waals surface area contributed by atoms with E-state index in [1.807, 2.05) is 27.2 Å². The maximum Gasteiger partial charge on any atom is 0.472 e. The van der Waals surface area contributed by atoms with Gasteiger partial charge in [-0.15, -0.1) is 0 Å². The number of aliphatic hydroxyl groups excluding tert-OH is 1. The average Bonchev–Trinajstić information content (AvgIpc) is 3.10. The fraction of sp³-hybridized carbons (Fsp3) is 0.886. The first-order valence-electron chi connectivity index (χ1n) is 22.2. The van der Waals surface area contributed by atoms with Crippen molar-refractivity contribution < 1.29 is 32.9 Å². The standard InChI is InChI=1S/C44H87N2O6P/c1-6-8-10-12-14-16-18-19-20-21-22-23-24-25-26-27-28-30-32-34-36-38-44(48)45-42(41-52-53(49,50)51-40-39-46(3,4)5)43(47)37-35-33-31-29-17-15-13-11-9-7-2/h31,33,35,37,42-43,47H,6-30,32,34,36,38-41H2,1-5H3,(H-,45,48,49,50)/p+1/b33-31+,37-35+/t42-,43+/m0/s1.